The van der Waals surface area contributed by atoms with Crippen molar-refractivity contribution < 1.29 is 28.3 Å². The minimum atomic E-state index is -4.02. The molecule has 0 unspecified atom stereocenters. The molecule has 3 aromatic heterocycles. The molecule has 0 radical (unpaired) electrons. The molecular weight excluding hydrogens is 451 g/mol. The molecule has 1 aliphatic heterocycles. The van der Waals surface area contributed by atoms with E-state index in [2.05, 4.69) is 10.1 Å². The number of anilines is 1. The maximum Gasteiger partial charge on any atom is 0.325 e. The molecule has 0 aliphatic carbocycles. The fourth-order valence-corrected chi connectivity index (χ4v) is 4.74. The van der Waals surface area contributed by atoms with E-state index in [1.54, 1.807) is 12.1 Å². The summed E-state index contributed by atoms with van der Waals surface area (Å²) in [6, 6.07) is 4.75. The number of methoxy groups -OCH3 is 1. The van der Waals surface area contributed by atoms with Crippen LogP contribution in [0.5, 0.6) is 5.88 Å². The Morgan fingerprint density at radius 1 is 1.33 bits per heavy atom. The monoisotopic (exact) mass is 476 g/mol. The highest BCUT2D eigenvalue weighted by Crippen LogP contribution is 2.38. The molecule has 0 atom stereocenters. The van der Waals surface area contributed by atoms with Gasteiger partial charge in [0, 0.05) is 24.5 Å². The fraction of sp³-hybridized carbons (Fsp3) is 0.429. The van der Waals surface area contributed by atoms with Gasteiger partial charge in [0.25, 0.3) is 5.56 Å². The van der Waals surface area contributed by atoms with Gasteiger partial charge < -0.3 is 23.8 Å². The lowest BCUT2D eigenvalue weighted by Crippen LogP contribution is -2.36. The number of furan rings is 1. The molecule has 12 heteroatoms. The Kier molecular flexibility index (Phi) is 6.64. The summed E-state index contributed by atoms with van der Waals surface area (Å²) < 4.78 is 22.7. The lowest BCUT2D eigenvalue weighted by Gasteiger charge is -2.33. The predicted octanol–water partition coefficient (Wildman–Crippen LogP) is 2.06. The smallest absolute Gasteiger partial charge is 0.325 e. The highest BCUT2D eigenvalue weighted by molar-refractivity contribution is 7.51. The maximum atomic E-state index is 13.3. The summed E-state index contributed by atoms with van der Waals surface area (Å²) in [6.45, 7) is 0.889. The third-order valence-corrected chi connectivity index (χ3v) is 6.67. The Hall–Kier alpha value is -3.01. The van der Waals surface area contributed by atoms with Gasteiger partial charge in [-0.25, -0.2) is 4.68 Å². The SMILES string of the molecule is COc1cc2cnn(CC(=O)c3ccco3)c(=O)c2c(N2CCC(CCP(=O)(O)O)CC2)n1. The molecule has 0 amide bonds. The average molecular weight is 476 g/mol. The molecule has 0 spiro atoms. The lowest BCUT2D eigenvalue weighted by molar-refractivity contribution is 0.0938. The Labute approximate surface area is 189 Å². The van der Waals surface area contributed by atoms with Crippen LogP contribution < -0.4 is 15.2 Å². The van der Waals surface area contributed by atoms with Crippen molar-refractivity contribution in [3.8, 4) is 5.88 Å². The van der Waals surface area contributed by atoms with Crippen LogP contribution in [0.25, 0.3) is 10.8 Å². The van der Waals surface area contributed by atoms with Crippen molar-refractivity contribution in [1.82, 2.24) is 14.8 Å². The maximum absolute atomic E-state index is 13.3. The number of hydrogen-bond donors (Lipinski definition) is 2. The number of nitrogens with zero attached hydrogens (tertiary/aromatic N) is 4. The number of fused-ring (bicyclic) bond motifs is 1. The number of piperidine rings is 1. The molecule has 11 nitrogen and oxygen atoms in total. The second kappa shape index (κ2) is 9.46. The molecule has 0 aromatic carbocycles. The van der Waals surface area contributed by atoms with E-state index >= 15 is 0 Å². The van der Waals surface area contributed by atoms with Gasteiger partial charge in [-0.15, -0.1) is 0 Å². The van der Waals surface area contributed by atoms with Crippen LogP contribution in [0.15, 0.2) is 39.9 Å². The first-order valence-corrected chi connectivity index (χ1v) is 12.4. The van der Waals surface area contributed by atoms with Crippen molar-refractivity contribution in [1.29, 1.82) is 0 Å². The van der Waals surface area contributed by atoms with E-state index in [9.17, 15) is 14.2 Å². The summed E-state index contributed by atoms with van der Waals surface area (Å²) in [6.07, 6.45) is 4.66. The van der Waals surface area contributed by atoms with Gasteiger partial charge >= 0.3 is 7.60 Å². The summed E-state index contributed by atoms with van der Waals surface area (Å²) in [7, 11) is -2.53. The molecule has 0 bridgehead atoms. The van der Waals surface area contributed by atoms with E-state index in [-0.39, 0.29) is 30.2 Å². The van der Waals surface area contributed by atoms with Crippen molar-refractivity contribution >= 4 is 30.0 Å². The molecule has 4 heterocycles. The molecule has 176 valence electrons. The Bertz CT molecular complexity index is 1240. The quantitative estimate of drug-likeness (QED) is 0.366. The van der Waals surface area contributed by atoms with Crippen molar-refractivity contribution in [3.05, 3.63) is 46.8 Å². The van der Waals surface area contributed by atoms with Crippen molar-refractivity contribution in [2.45, 2.75) is 25.8 Å². The Morgan fingerprint density at radius 3 is 2.73 bits per heavy atom. The van der Waals surface area contributed by atoms with Gasteiger partial charge in [-0.2, -0.15) is 10.1 Å². The first kappa shape index (κ1) is 23.2. The number of aromatic nitrogens is 3. The number of pyridine rings is 1. The lowest BCUT2D eigenvalue weighted by atomic mass is 9.94. The Balaban J connectivity index is 1.62. The third-order valence-electron chi connectivity index (χ3n) is 5.83. The molecule has 2 N–H and O–H groups in total. The number of ether oxygens (including phenoxy) is 1. The van der Waals surface area contributed by atoms with Gasteiger partial charge in [-0.3, -0.25) is 14.2 Å². The van der Waals surface area contributed by atoms with Crippen molar-refractivity contribution in [3.63, 3.8) is 0 Å². The van der Waals surface area contributed by atoms with Gasteiger partial charge in [-0.05, 0) is 37.3 Å². The first-order chi connectivity index (χ1) is 15.7. The zero-order chi connectivity index (χ0) is 23.6. The number of rotatable bonds is 8. The molecular formula is C21H25N4O7P. The Morgan fingerprint density at radius 2 is 2.09 bits per heavy atom. The van der Waals surface area contributed by atoms with Crippen LogP contribution in [0.4, 0.5) is 5.82 Å². The van der Waals surface area contributed by atoms with Crippen LogP contribution in [0, 0.1) is 5.92 Å². The van der Waals surface area contributed by atoms with E-state index in [0.717, 1.165) is 17.5 Å². The number of carbonyl (C=O) groups excluding carboxylic acids is 1. The van der Waals surface area contributed by atoms with Crippen LogP contribution in [0.3, 0.4) is 0 Å². The standard InChI is InChI=1S/C21H25N4O7P/c1-31-18-11-15-12-22-25(13-16(26)17-3-2-9-32-17)21(27)19(15)20(23-18)24-7-4-14(5-8-24)6-10-33(28,29)30/h2-3,9,11-12,14H,4-8,10,13H2,1H3,(H2,28,29,30). The second-order valence-electron chi connectivity index (χ2n) is 8.07. The van der Waals surface area contributed by atoms with E-state index in [0.29, 0.717) is 42.0 Å². The zero-order valence-electron chi connectivity index (χ0n) is 18.1. The highest BCUT2D eigenvalue weighted by atomic mass is 31.2. The number of carbonyl (C=O) groups is 1. The van der Waals surface area contributed by atoms with Gasteiger partial charge in [0.2, 0.25) is 11.7 Å². The van der Waals surface area contributed by atoms with Crippen molar-refractivity contribution in [2.24, 2.45) is 5.92 Å². The summed E-state index contributed by atoms with van der Waals surface area (Å²) >= 11 is 0. The van der Waals surface area contributed by atoms with Crippen molar-refractivity contribution in [2.75, 3.05) is 31.3 Å². The molecule has 33 heavy (non-hydrogen) atoms. The third kappa shape index (κ3) is 5.32. The van der Waals surface area contributed by atoms with Crippen LogP contribution >= 0.6 is 7.60 Å². The van der Waals surface area contributed by atoms with Crippen LogP contribution in [0.1, 0.15) is 29.8 Å². The van der Waals surface area contributed by atoms with E-state index < -0.39 is 13.2 Å². The van der Waals surface area contributed by atoms with Gasteiger partial charge in [0.15, 0.2) is 5.76 Å². The van der Waals surface area contributed by atoms with Gasteiger partial charge in [0.05, 0.1) is 31.1 Å². The van der Waals surface area contributed by atoms with Gasteiger partial charge in [0.1, 0.15) is 12.4 Å². The molecule has 3 aromatic rings. The van der Waals surface area contributed by atoms with Crippen LogP contribution in [0.2, 0.25) is 0 Å². The molecule has 1 fully saturated rings. The van der Waals surface area contributed by atoms with E-state index in [1.165, 1.54) is 25.6 Å². The summed E-state index contributed by atoms with van der Waals surface area (Å²) in [5.74, 6) is 0.753. The van der Waals surface area contributed by atoms with Crippen LogP contribution in [-0.2, 0) is 11.1 Å². The zero-order valence-corrected chi connectivity index (χ0v) is 19.0. The summed E-state index contributed by atoms with van der Waals surface area (Å²) in [4.78, 5) is 50.5. The predicted molar refractivity (Wildman–Crippen MR) is 120 cm³/mol. The fourth-order valence-electron chi connectivity index (χ4n) is 4.04. The summed E-state index contributed by atoms with van der Waals surface area (Å²) in [5, 5.41) is 5.03. The minimum absolute atomic E-state index is 0.127. The minimum Gasteiger partial charge on any atom is -0.481 e. The van der Waals surface area contributed by atoms with E-state index in [1.807, 2.05) is 4.90 Å². The number of ketones is 1. The van der Waals surface area contributed by atoms with Gasteiger partial charge in [-0.1, -0.05) is 0 Å². The average Bonchev–Trinajstić information content (AvgIpc) is 3.34. The second-order valence-corrected chi connectivity index (χ2v) is 9.84. The van der Waals surface area contributed by atoms with Crippen LogP contribution in [-0.4, -0.2) is 56.7 Å². The molecule has 0 saturated carbocycles. The highest BCUT2D eigenvalue weighted by Gasteiger charge is 2.26. The molecule has 4 rings (SSSR count). The first-order valence-electron chi connectivity index (χ1n) is 10.6. The summed E-state index contributed by atoms with van der Waals surface area (Å²) in [5.41, 5.74) is -0.443. The van der Waals surface area contributed by atoms with E-state index in [4.69, 9.17) is 18.9 Å². The largest absolute Gasteiger partial charge is 0.481 e. The topological polar surface area (TPSA) is 148 Å². The molecule has 1 saturated heterocycles. The number of hydrogen-bond acceptors (Lipinski definition) is 8. The molecule has 1 aliphatic rings. The number of Topliss-reactive ketones (excluding diaryl/α,β-unsaturated/α-hetero) is 1. The normalized spacial score (nSPS) is 15.2.